The molecule has 0 amide bonds. The molecular formula is C27H21N5OS. The second-order valence-electron chi connectivity index (χ2n) is 7.93. The van der Waals surface area contributed by atoms with Gasteiger partial charge in [-0.15, -0.1) is 11.3 Å². The molecule has 0 N–H and O–H groups in total. The van der Waals surface area contributed by atoms with E-state index in [2.05, 4.69) is 33.3 Å². The Morgan fingerprint density at radius 1 is 0.971 bits per heavy atom. The Morgan fingerprint density at radius 3 is 2.65 bits per heavy atom. The average Bonchev–Trinajstić information content (AvgIpc) is 3.61. The third-order valence-electron chi connectivity index (χ3n) is 5.67. The molecule has 3 aromatic heterocycles. The lowest BCUT2D eigenvalue weighted by atomic mass is 10.1. The average molecular weight is 464 g/mol. The highest BCUT2D eigenvalue weighted by Gasteiger charge is 2.24. The van der Waals surface area contributed by atoms with Crippen LogP contribution in [0, 0.1) is 6.92 Å². The van der Waals surface area contributed by atoms with Crippen molar-refractivity contribution in [1.29, 1.82) is 0 Å². The van der Waals surface area contributed by atoms with E-state index < -0.39 is 0 Å². The van der Waals surface area contributed by atoms with Crippen molar-refractivity contribution in [1.82, 2.24) is 14.6 Å². The van der Waals surface area contributed by atoms with Gasteiger partial charge in [0.15, 0.2) is 5.84 Å². The van der Waals surface area contributed by atoms with E-state index in [9.17, 15) is 0 Å². The smallest absolute Gasteiger partial charge is 0.167 e. The van der Waals surface area contributed by atoms with Crippen LogP contribution in [0.3, 0.4) is 0 Å². The molecule has 6 nitrogen and oxygen atoms in total. The van der Waals surface area contributed by atoms with E-state index in [-0.39, 0.29) is 0 Å². The van der Waals surface area contributed by atoms with Gasteiger partial charge in [0.1, 0.15) is 17.4 Å². The number of amidine groups is 1. The highest BCUT2D eigenvalue weighted by molar-refractivity contribution is 7.17. The SMILES string of the molecule is Cc1nn2ccccc2c1-c1nc(-c2ccccc2OCc2ccccc2)c(C2=NCC=N2)s1. The van der Waals surface area contributed by atoms with Crippen molar-refractivity contribution in [2.75, 3.05) is 6.54 Å². The number of rotatable bonds is 6. The summed E-state index contributed by atoms with van der Waals surface area (Å²) in [5.74, 6) is 1.49. The monoisotopic (exact) mass is 463 g/mol. The molecule has 4 heterocycles. The van der Waals surface area contributed by atoms with Gasteiger partial charge in [0.2, 0.25) is 0 Å². The zero-order valence-electron chi connectivity index (χ0n) is 18.5. The molecule has 7 heteroatoms. The molecule has 0 fully saturated rings. The first-order valence-electron chi connectivity index (χ1n) is 11.1. The topological polar surface area (TPSA) is 64.1 Å². The molecule has 34 heavy (non-hydrogen) atoms. The number of pyridine rings is 1. The molecule has 0 saturated carbocycles. The zero-order chi connectivity index (χ0) is 22.9. The fourth-order valence-electron chi connectivity index (χ4n) is 4.09. The minimum Gasteiger partial charge on any atom is -0.488 e. The summed E-state index contributed by atoms with van der Waals surface area (Å²) in [4.78, 5) is 15.2. The number of benzene rings is 2. The summed E-state index contributed by atoms with van der Waals surface area (Å²) in [5.41, 5.74) is 5.86. The maximum Gasteiger partial charge on any atom is 0.167 e. The fraction of sp³-hybridized carbons (Fsp3) is 0.111. The molecule has 0 aliphatic carbocycles. The molecule has 0 saturated heterocycles. The minimum atomic E-state index is 0.483. The van der Waals surface area contributed by atoms with Crippen LogP contribution in [0.1, 0.15) is 16.1 Å². The van der Waals surface area contributed by atoms with Crippen molar-refractivity contribution < 1.29 is 4.74 Å². The summed E-state index contributed by atoms with van der Waals surface area (Å²) in [6.07, 6.45) is 3.79. The summed E-state index contributed by atoms with van der Waals surface area (Å²) in [6, 6.07) is 24.3. The van der Waals surface area contributed by atoms with Crippen molar-refractivity contribution in [3.05, 3.63) is 95.1 Å². The Morgan fingerprint density at radius 2 is 1.79 bits per heavy atom. The van der Waals surface area contributed by atoms with Gasteiger partial charge in [-0.3, -0.25) is 4.99 Å². The van der Waals surface area contributed by atoms with Gasteiger partial charge in [0.05, 0.1) is 33.9 Å². The van der Waals surface area contributed by atoms with Crippen molar-refractivity contribution >= 4 is 28.9 Å². The van der Waals surface area contributed by atoms with Crippen LogP contribution in [0.25, 0.3) is 27.3 Å². The number of nitrogens with zero attached hydrogens (tertiary/aromatic N) is 5. The molecule has 5 aromatic rings. The van der Waals surface area contributed by atoms with Crippen LogP contribution in [0.2, 0.25) is 0 Å². The number of aryl methyl sites for hydroxylation is 1. The molecular weight excluding hydrogens is 442 g/mol. The molecule has 0 atom stereocenters. The predicted molar refractivity (Wildman–Crippen MR) is 137 cm³/mol. The maximum absolute atomic E-state index is 6.26. The van der Waals surface area contributed by atoms with Gasteiger partial charge in [-0.25, -0.2) is 14.5 Å². The van der Waals surface area contributed by atoms with Crippen LogP contribution in [-0.2, 0) is 6.61 Å². The summed E-state index contributed by atoms with van der Waals surface area (Å²) in [7, 11) is 0. The number of para-hydroxylation sites is 1. The van der Waals surface area contributed by atoms with Crippen molar-refractivity contribution in [2.24, 2.45) is 9.98 Å². The second kappa shape index (κ2) is 8.68. The molecule has 2 aromatic carbocycles. The van der Waals surface area contributed by atoms with Crippen molar-refractivity contribution in [3.8, 4) is 27.6 Å². The predicted octanol–water partition coefficient (Wildman–Crippen LogP) is 5.84. The van der Waals surface area contributed by atoms with Gasteiger partial charge in [0.25, 0.3) is 0 Å². The summed E-state index contributed by atoms with van der Waals surface area (Å²) >= 11 is 1.60. The first kappa shape index (κ1) is 20.5. The van der Waals surface area contributed by atoms with E-state index in [1.54, 1.807) is 11.3 Å². The largest absolute Gasteiger partial charge is 0.488 e. The van der Waals surface area contributed by atoms with Gasteiger partial charge in [-0.05, 0) is 36.8 Å². The fourth-order valence-corrected chi connectivity index (χ4v) is 5.24. The summed E-state index contributed by atoms with van der Waals surface area (Å²) in [6.45, 7) is 3.09. The lowest BCUT2D eigenvalue weighted by Gasteiger charge is -2.11. The van der Waals surface area contributed by atoms with Gasteiger partial charge < -0.3 is 4.74 Å². The van der Waals surface area contributed by atoms with Crippen LogP contribution >= 0.6 is 11.3 Å². The van der Waals surface area contributed by atoms with Crippen LogP contribution < -0.4 is 4.74 Å². The quantitative estimate of drug-likeness (QED) is 0.318. The molecule has 166 valence electrons. The number of aromatic nitrogens is 3. The van der Waals surface area contributed by atoms with Crippen LogP contribution in [0.15, 0.2) is 89.0 Å². The first-order valence-corrected chi connectivity index (χ1v) is 11.9. The molecule has 1 aliphatic rings. The third-order valence-corrected chi connectivity index (χ3v) is 6.74. The molecule has 0 radical (unpaired) electrons. The summed E-state index contributed by atoms with van der Waals surface area (Å²) < 4.78 is 8.16. The maximum atomic E-state index is 6.26. The highest BCUT2D eigenvalue weighted by atomic mass is 32.1. The first-order chi connectivity index (χ1) is 16.8. The van der Waals surface area contributed by atoms with Crippen LogP contribution in [0.4, 0.5) is 0 Å². The Hall–Kier alpha value is -4.10. The number of fused-ring (bicyclic) bond motifs is 1. The molecule has 0 spiro atoms. The molecule has 0 unspecified atom stereocenters. The van der Waals surface area contributed by atoms with Crippen molar-refractivity contribution in [3.63, 3.8) is 0 Å². The Balaban J connectivity index is 1.48. The number of ether oxygens (including phenoxy) is 1. The lowest BCUT2D eigenvalue weighted by Crippen LogP contribution is -1.99. The standard InChI is InChI=1S/C27H21N5OS/c1-18-23(21-12-7-8-16-32(21)31-18)27-30-24(25(34-27)26-28-14-15-29-26)20-11-5-6-13-22(20)33-17-19-9-3-2-4-10-19/h2-14,16H,15,17H2,1H3. The third kappa shape index (κ3) is 3.70. The number of aliphatic imine (C=N–C) groups is 2. The lowest BCUT2D eigenvalue weighted by molar-refractivity contribution is 0.307. The Labute approximate surface area is 200 Å². The molecule has 0 bridgehead atoms. The number of hydrogen-bond donors (Lipinski definition) is 0. The normalized spacial score (nSPS) is 12.9. The van der Waals surface area contributed by atoms with E-state index >= 15 is 0 Å². The van der Waals surface area contributed by atoms with Gasteiger partial charge in [-0.1, -0.05) is 48.5 Å². The van der Waals surface area contributed by atoms with E-state index in [1.165, 1.54) is 0 Å². The molecule has 6 rings (SSSR count). The molecule has 1 aliphatic heterocycles. The van der Waals surface area contributed by atoms with Gasteiger partial charge in [-0.2, -0.15) is 5.10 Å². The van der Waals surface area contributed by atoms with E-state index in [4.69, 9.17) is 9.72 Å². The van der Waals surface area contributed by atoms with E-state index in [1.807, 2.05) is 78.4 Å². The second-order valence-corrected chi connectivity index (χ2v) is 8.93. The van der Waals surface area contributed by atoms with Crippen molar-refractivity contribution in [2.45, 2.75) is 13.5 Å². The number of thiazole rings is 1. The highest BCUT2D eigenvalue weighted by Crippen LogP contribution is 2.41. The zero-order valence-corrected chi connectivity index (χ0v) is 19.4. The van der Waals surface area contributed by atoms with Gasteiger partial charge in [0, 0.05) is 18.0 Å². The Bertz CT molecular complexity index is 1550. The Kier molecular flexibility index (Phi) is 5.24. The van der Waals surface area contributed by atoms with E-state index in [0.717, 1.165) is 49.2 Å². The van der Waals surface area contributed by atoms with Gasteiger partial charge >= 0.3 is 0 Å². The minimum absolute atomic E-state index is 0.483. The van der Waals surface area contributed by atoms with Crippen LogP contribution in [-0.4, -0.2) is 33.2 Å². The van der Waals surface area contributed by atoms with Crippen LogP contribution in [0.5, 0.6) is 5.75 Å². The van der Waals surface area contributed by atoms with E-state index in [0.29, 0.717) is 19.0 Å². The number of hydrogen-bond acceptors (Lipinski definition) is 6. The summed E-state index contributed by atoms with van der Waals surface area (Å²) in [5, 5.41) is 5.57.